The fraction of sp³-hybridized carbons (Fsp3) is 0.750. The number of unbranched alkanes of at least 4 members (excludes halogenated alkanes) is 3. The summed E-state index contributed by atoms with van der Waals surface area (Å²) in [5, 5.41) is 0. The summed E-state index contributed by atoms with van der Waals surface area (Å²) in [6, 6.07) is 0. The number of aryl methyl sites for hydroxylation is 1. The lowest BCUT2D eigenvalue weighted by atomic mass is 9.83. The lowest BCUT2D eigenvalue weighted by Gasteiger charge is -2.23. The molecule has 0 amide bonds. The number of hydrogen-bond donors (Lipinski definition) is 1. The first kappa shape index (κ1) is 14.3. The van der Waals surface area contributed by atoms with Gasteiger partial charge in [-0.1, -0.05) is 39.0 Å². The predicted molar refractivity (Wildman–Crippen MR) is 77.2 cm³/mol. The molecule has 3 heteroatoms. The molecule has 0 fully saturated rings. The van der Waals surface area contributed by atoms with E-state index in [1.807, 2.05) is 6.92 Å². The van der Waals surface area contributed by atoms with Gasteiger partial charge in [-0.3, -0.25) is 0 Å². The van der Waals surface area contributed by atoms with Crippen molar-refractivity contribution < 1.29 is 4.57 Å². The lowest BCUT2D eigenvalue weighted by Crippen LogP contribution is -2.45. The minimum absolute atomic E-state index is 0.142. The summed E-state index contributed by atoms with van der Waals surface area (Å²) in [7, 11) is 2.06. The van der Waals surface area contributed by atoms with Crippen molar-refractivity contribution in [3.05, 3.63) is 27.4 Å². The molecule has 19 heavy (non-hydrogen) atoms. The zero-order valence-corrected chi connectivity index (χ0v) is 12.6. The number of nitrogens with zero attached hydrogens (tertiary/aromatic N) is 1. The number of aromatic amines is 1. The molecule has 1 N–H and O–H groups in total. The number of rotatable bonds is 5. The van der Waals surface area contributed by atoms with Gasteiger partial charge in [0.2, 0.25) is 0 Å². The normalized spacial score (nSPS) is 18.4. The third-order valence-corrected chi connectivity index (χ3v) is 4.57. The van der Waals surface area contributed by atoms with Gasteiger partial charge in [0, 0.05) is 13.3 Å². The Morgan fingerprint density at radius 2 is 2.11 bits per heavy atom. The van der Waals surface area contributed by atoms with Crippen molar-refractivity contribution in [3.8, 4) is 0 Å². The van der Waals surface area contributed by atoms with Gasteiger partial charge in [0.15, 0.2) is 0 Å². The van der Waals surface area contributed by atoms with Crippen LogP contribution in [0, 0.1) is 12.8 Å². The third-order valence-electron chi connectivity index (χ3n) is 4.57. The van der Waals surface area contributed by atoms with Crippen molar-refractivity contribution in [2.24, 2.45) is 13.0 Å². The van der Waals surface area contributed by atoms with E-state index in [-0.39, 0.29) is 5.56 Å². The third kappa shape index (κ3) is 3.26. The minimum atomic E-state index is 0.142. The second-order valence-corrected chi connectivity index (χ2v) is 5.98. The first-order chi connectivity index (χ1) is 9.13. The molecule has 1 heterocycles. The summed E-state index contributed by atoms with van der Waals surface area (Å²) in [4.78, 5) is 15.1. The van der Waals surface area contributed by atoms with Crippen molar-refractivity contribution in [1.29, 1.82) is 0 Å². The van der Waals surface area contributed by atoms with Crippen LogP contribution in [0.1, 0.15) is 62.5 Å². The van der Waals surface area contributed by atoms with Gasteiger partial charge in [0.1, 0.15) is 5.69 Å². The molecule has 1 atom stereocenters. The smallest absolute Gasteiger partial charge is 0.241 e. The maximum Gasteiger partial charge on any atom is 0.338 e. The van der Waals surface area contributed by atoms with Crippen molar-refractivity contribution >= 4 is 0 Å². The van der Waals surface area contributed by atoms with Gasteiger partial charge in [0.25, 0.3) is 5.82 Å². The van der Waals surface area contributed by atoms with Crippen molar-refractivity contribution in [2.75, 3.05) is 0 Å². The van der Waals surface area contributed by atoms with Crippen LogP contribution in [0.25, 0.3) is 0 Å². The summed E-state index contributed by atoms with van der Waals surface area (Å²) >= 11 is 0. The summed E-state index contributed by atoms with van der Waals surface area (Å²) in [5.74, 6) is 1.68. The van der Waals surface area contributed by atoms with E-state index in [0.29, 0.717) is 5.92 Å². The van der Waals surface area contributed by atoms with E-state index in [1.54, 1.807) is 0 Å². The van der Waals surface area contributed by atoms with Gasteiger partial charge in [-0.05, 0) is 18.8 Å². The standard InChI is InChI=1S/C16H26N2O/c1-4-5-6-7-8-13-9-10-15-14(11-13)16(19)17-12(2)18(15)3/h13H,4-11H2,1-3H3/p+1. The van der Waals surface area contributed by atoms with Gasteiger partial charge in [-0.15, -0.1) is 0 Å². The Morgan fingerprint density at radius 3 is 2.84 bits per heavy atom. The fourth-order valence-electron chi connectivity index (χ4n) is 3.23. The zero-order valence-electron chi connectivity index (χ0n) is 12.6. The van der Waals surface area contributed by atoms with Crippen LogP contribution < -0.4 is 10.1 Å². The monoisotopic (exact) mass is 263 g/mol. The van der Waals surface area contributed by atoms with E-state index < -0.39 is 0 Å². The van der Waals surface area contributed by atoms with Gasteiger partial charge in [0.05, 0.1) is 12.6 Å². The number of H-pyrrole nitrogens is 1. The molecule has 0 aliphatic heterocycles. The second-order valence-electron chi connectivity index (χ2n) is 5.98. The molecular weight excluding hydrogens is 236 g/mol. The van der Waals surface area contributed by atoms with Gasteiger partial charge in [-0.25, -0.2) is 14.3 Å². The number of fused-ring (bicyclic) bond motifs is 1. The van der Waals surface area contributed by atoms with E-state index >= 15 is 0 Å². The summed E-state index contributed by atoms with van der Waals surface area (Å²) in [5.41, 5.74) is 2.44. The molecule has 1 aromatic heterocycles. The molecule has 0 spiro atoms. The Hall–Kier alpha value is -1.12. The molecule has 0 bridgehead atoms. The van der Waals surface area contributed by atoms with Crippen molar-refractivity contribution in [1.82, 2.24) is 4.98 Å². The maximum atomic E-state index is 12.1. The number of nitrogens with one attached hydrogen (secondary N) is 1. The van der Waals surface area contributed by atoms with Crippen LogP contribution in [0.15, 0.2) is 4.79 Å². The van der Waals surface area contributed by atoms with Crippen LogP contribution in [0.2, 0.25) is 0 Å². The van der Waals surface area contributed by atoms with Crippen LogP contribution in [0.3, 0.4) is 0 Å². The predicted octanol–water partition coefficient (Wildman–Crippen LogP) is 2.58. The summed E-state index contributed by atoms with van der Waals surface area (Å²) in [6.07, 6.45) is 9.88. The Balaban J connectivity index is 2.04. The Bertz CT molecular complexity index is 490. The maximum absolute atomic E-state index is 12.1. The quantitative estimate of drug-likeness (QED) is 0.643. The Labute approximate surface area is 116 Å². The Kier molecular flexibility index (Phi) is 4.78. The first-order valence-electron chi connectivity index (χ1n) is 7.74. The molecule has 1 aliphatic carbocycles. The summed E-state index contributed by atoms with van der Waals surface area (Å²) < 4.78 is 2.16. The summed E-state index contributed by atoms with van der Waals surface area (Å²) in [6.45, 7) is 4.22. The molecule has 1 unspecified atom stereocenters. The molecule has 1 aliphatic rings. The number of hydrogen-bond acceptors (Lipinski definition) is 1. The van der Waals surface area contributed by atoms with Gasteiger partial charge >= 0.3 is 5.56 Å². The van der Waals surface area contributed by atoms with Crippen LogP contribution in [-0.2, 0) is 19.9 Å². The minimum Gasteiger partial charge on any atom is -0.241 e. The van der Waals surface area contributed by atoms with E-state index in [2.05, 4.69) is 23.5 Å². The largest absolute Gasteiger partial charge is 0.338 e. The Morgan fingerprint density at radius 1 is 1.32 bits per heavy atom. The molecule has 3 nitrogen and oxygen atoms in total. The highest BCUT2D eigenvalue weighted by Crippen LogP contribution is 2.25. The average Bonchev–Trinajstić information content (AvgIpc) is 2.41. The molecule has 106 valence electrons. The molecule has 0 saturated heterocycles. The highest BCUT2D eigenvalue weighted by atomic mass is 16.1. The van der Waals surface area contributed by atoms with Crippen LogP contribution in [0.4, 0.5) is 0 Å². The highest BCUT2D eigenvalue weighted by Gasteiger charge is 2.26. The van der Waals surface area contributed by atoms with Crippen LogP contribution in [-0.4, -0.2) is 4.98 Å². The fourth-order valence-corrected chi connectivity index (χ4v) is 3.23. The van der Waals surface area contributed by atoms with E-state index in [9.17, 15) is 4.79 Å². The van der Waals surface area contributed by atoms with Crippen molar-refractivity contribution in [2.45, 2.75) is 65.2 Å². The molecule has 1 aromatic rings. The van der Waals surface area contributed by atoms with Crippen LogP contribution in [0.5, 0.6) is 0 Å². The molecule has 2 rings (SSSR count). The molecule has 0 aromatic carbocycles. The van der Waals surface area contributed by atoms with Crippen molar-refractivity contribution in [3.63, 3.8) is 0 Å². The zero-order chi connectivity index (χ0) is 13.8. The molecular formula is C16H27N2O+. The van der Waals surface area contributed by atoms with Gasteiger partial charge in [-0.2, -0.15) is 0 Å². The van der Waals surface area contributed by atoms with E-state index in [4.69, 9.17) is 0 Å². The lowest BCUT2D eigenvalue weighted by molar-refractivity contribution is -0.689. The topological polar surface area (TPSA) is 36.7 Å². The van der Waals surface area contributed by atoms with E-state index in [0.717, 1.165) is 24.2 Å². The average molecular weight is 263 g/mol. The second kappa shape index (κ2) is 6.36. The van der Waals surface area contributed by atoms with Gasteiger partial charge < -0.3 is 0 Å². The van der Waals surface area contributed by atoms with E-state index in [1.165, 1.54) is 44.2 Å². The SMILES string of the molecule is CCCCCCC1CCc2c(c(=O)[nH]c(C)[n+]2C)C1. The highest BCUT2D eigenvalue weighted by molar-refractivity contribution is 5.17. The number of aromatic nitrogens is 2. The van der Waals surface area contributed by atoms with Crippen LogP contribution >= 0.6 is 0 Å². The first-order valence-corrected chi connectivity index (χ1v) is 7.74. The molecule has 0 saturated carbocycles. The molecule has 0 radical (unpaired) electrons.